The summed E-state index contributed by atoms with van der Waals surface area (Å²) in [6.07, 6.45) is 1.74. The van der Waals surface area contributed by atoms with Gasteiger partial charge >= 0.3 is 0 Å². The van der Waals surface area contributed by atoms with Crippen molar-refractivity contribution in [1.82, 2.24) is 19.7 Å². The third-order valence-electron chi connectivity index (χ3n) is 4.01. The van der Waals surface area contributed by atoms with E-state index in [2.05, 4.69) is 24.6 Å². The number of hydrogen-bond donors (Lipinski definition) is 0. The summed E-state index contributed by atoms with van der Waals surface area (Å²) in [5, 5.41) is 17.5. The molecule has 6 nitrogen and oxygen atoms in total. The van der Waals surface area contributed by atoms with E-state index in [1.54, 1.807) is 12.3 Å². The van der Waals surface area contributed by atoms with Gasteiger partial charge < -0.3 is 9.47 Å². The summed E-state index contributed by atoms with van der Waals surface area (Å²) in [5.41, 5.74) is 2.51. The first-order valence-corrected chi connectivity index (χ1v) is 7.44. The van der Waals surface area contributed by atoms with Crippen LogP contribution in [0.5, 0.6) is 0 Å². The van der Waals surface area contributed by atoms with E-state index in [1.807, 2.05) is 42.5 Å². The molecule has 4 rings (SSSR count). The van der Waals surface area contributed by atoms with E-state index < -0.39 is 0 Å². The molecule has 0 atom stereocenters. The van der Waals surface area contributed by atoms with Crippen LogP contribution in [-0.4, -0.2) is 26.3 Å². The Morgan fingerprint density at radius 1 is 1.00 bits per heavy atom. The Labute approximate surface area is 133 Å². The molecule has 0 amide bonds. The number of benzene rings is 1. The van der Waals surface area contributed by atoms with Gasteiger partial charge in [0.1, 0.15) is 11.8 Å². The molecule has 0 radical (unpaired) electrons. The SMILES string of the molecule is N#Cc1ccc(N2CCn3c(nnc3-c3ccccc3)C2)cn1. The molecule has 1 aliphatic heterocycles. The van der Waals surface area contributed by atoms with Gasteiger partial charge in [0.2, 0.25) is 0 Å². The lowest BCUT2D eigenvalue weighted by Crippen LogP contribution is -2.34. The fourth-order valence-electron chi connectivity index (χ4n) is 2.82. The van der Waals surface area contributed by atoms with Crippen molar-refractivity contribution in [3.63, 3.8) is 0 Å². The second-order valence-electron chi connectivity index (χ2n) is 5.39. The van der Waals surface area contributed by atoms with Crippen LogP contribution in [0.25, 0.3) is 11.4 Å². The third kappa shape index (κ3) is 2.42. The summed E-state index contributed by atoms with van der Waals surface area (Å²) in [7, 11) is 0. The maximum absolute atomic E-state index is 8.83. The van der Waals surface area contributed by atoms with Crippen molar-refractivity contribution in [2.45, 2.75) is 13.1 Å². The molecule has 112 valence electrons. The third-order valence-corrected chi connectivity index (χ3v) is 4.01. The summed E-state index contributed by atoms with van der Waals surface area (Å²) in [6.45, 7) is 2.37. The van der Waals surface area contributed by atoms with E-state index in [9.17, 15) is 0 Å². The van der Waals surface area contributed by atoms with Crippen LogP contribution in [0.3, 0.4) is 0 Å². The molecule has 0 N–H and O–H groups in total. The normalized spacial score (nSPS) is 13.4. The van der Waals surface area contributed by atoms with Crippen molar-refractivity contribution < 1.29 is 0 Å². The molecule has 2 aromatic heterocycles. The van der Waals surface area contributed by atoms with Crippen LogP contribution in [0, 0.1) is 11.3 Å². The zero-order chi connectivity index (χ0) is 15.6. The van der Waals surface area contributed by atoms with E-state index in [0.29, 0.717) is 12.2 Å². The first kappa shape index (κ1) is 13.5. The summed E-state index contributed by atoms with van der Waals surface area (Å²) in [6, 6.07) is 15.8. The number of fused-ring (bicyclic) bond motifs is 1. The molecule has 6 heteroatoms. The smallest absolute Gasteiger partial charge is 0.164 e. The quantitative estimate of drug-likeness (QED) is 0.726. The number of pyridine rings is 1. The standard InChI is InChI=1S/C17H14N6/c18-10-14-6-7-15(11-19-14)22-8-9-23-16(12-22)20-21-17(23)13-4-2-1-3-5-13/h1-7,11H,8-9,12H2. The Balaban J connectivity index is 1.61. The first-order chi connectivity index (χ1) is 11.3. The molecule has 0 unspecified atom stereocenters. The summed E-state index contributed by atoms with van der Waals surface area (Å²) in [4.78, 5) is 6.34. The minimum atomic E-state index is 0.431. The van der Waals surface area contributed by atoms with Crippen LogP contribution < -0.4 is 4.90 Å². The van der Waals surface area contributed by atoms with Crippen LogP contribution in [0.15, 0.2) is 48.7 Å². The Bertz CT molecular complexity index is 860. The second-order valence-corrected chi connectivity index (χ2v) is 5.39. The van der Waals surface area contributed by atoms with Gasteiger partial charge in [0.15, 0.2) is 11.6 Å². The van der Waals surface area contributed by atoms with E-state index >= 15 is 0 Å². The maximum Gasteiger partial charge on any atom is 0.164 e. The Hall–Kier alpha value is -3.20. The lowest BCUT2D eigenvalue weighted by atomic mass is 10.2. The van der Waals surface area contributed by atoms with Gasteiger partial charge in [-0.05, 0) is 12.1 Å². The minimum absolute atomic E-state index is 0.431. The van der Waals surface area contributed by atoms with E-state index in [-0.39, 0.29) is 0 Å². The van der Waals surface area contributed by atoms with E-state index in [1.165, 1.54) is 0 Å². The minimum Gasteiger partial charge on any atom is -0.361 e. The Morgan fingerprint density at radius 3 is 2.61 bits per heavy atom. The van der Waals surface area contributed by atoms with Crippen LogP contribution in [0.1, 0.15) is 11.5 Å². The van der Waals surface area contributed by atoms with Gasteiger partial charge in [-0.3, -0.25) is 0 Å². The largest absolute Gasteiger partial charge is 0.361 e. The van der Waals surface area contributed by atoms with Gasteiger partial charge in [0.25, 0.3) is 0 Å². The highest BCUT2D eigenvalue weighted by atomic mass is 15.3. The second kappa shape index (κ2) is 5.54. The lowest BCUT2D eigenvalue weighted by Gasteiger charge is -2.29. The molecular weight excluding hydrogens is 288 g/mol. The van der Waals surface area contributed by atoms with Crippen molar-refractivity contribution in [3.05, 3.63) is 60.2 Å². The Kier molecular flexibility index (Phi) is 3.24. The highest BCUT2D eigenvalue weighted by molar-refractivity contribution is 5.56. The van der Waals surface area contributed by atoms with Crippen LogP contribution >= 0.6 is 0 Å². The van der Waals surface area contributed by atoms with E-state index in [4.69, 9.17) is 5.26 Å². The molecule has 0 aliphatic carbocycles. The van der Waals surface area contributed by atoms with Crippen molar-refractivity contribution in [1.29, 1.82) is 5.26 Å². The molecule has 0 saturated carbocycles. The molecule has 0 bridgehead atoms. The highest BCUT2D eigenvalue weighted by Crippen LogP contribution is 2.24. The summed E-state index contributed by atoms with van der Waals surface area (Å²) >= 11 is 0. The number of aromatic nitrogens is 4. The topological polar surface area (TPSA) is 70.6 Å². The van der Waals surface area contributed by atoms with Gasteiger partial charge in [-0.15, -0.1) is 10.2 Å². The first-order valence-electron chi connectivity index (χ1n) is 7.44. The van der Waals surface area contributed by atoms with Gasteiger partial charge in [0, 0.05) is 18.7 Å². The average Bonchev–Trinajstić information content (AvgIpc) is 3.06. The fraction of sp³-hybridized carbons (Fsp3) is 0.176. The lowest BCUT2D eigenvalue weighted by molar-refractivity contribution is 0.563. The molecule has 1 aromatic carbocycles. The Morgan fingerprint density at radius 2 is 1.87 bits per heavy atom. The summed E-state index contributed by atoms with van der Waals surface area (Å²) in [5.74, 6) is 1.86. The molecule has 1 aliphatic rings. The van der Waals surface area contributed by atoms with Crippen molar-refractivity contribution in [2.24, 2.45) is 0 Å². The molecule has 3 aromatic rings. The van der Waals surface area contributed by atoms with Gasteiger partial charge in [-0.1, -0.05) is 30.3 Å². The molecule has 0 saturated heterocycles. The molecule has 3 heterocycles. The number of anilines is 1. The van der Waals surface area contributed by atoms with E-state index in [0.717, 1.165) is 36.0 Å². The number of nitrogens with zero attached hydrogens (tertiary/aromatic N) is 6. The zero-order valence-corrected chi connectivity index (χ0v) is 12.4. The maximum atomic E-state index is 8.83. The molecule has 0 fully saturated rings. The molecule has 0 spiro atoms. The van der Waals surface area contributed by atoms with Gasteiger partial charge in [0.05, 0.1) is 18.4 Å². The number of rotatable bonds is 2. The van der Waals surface area contributed by atoms with Crippen molar-refractivity contribution in [3.8, 4) is 17.5 Å². The predicted molar refractivity (Wildman–Crippen MR) is 85.5 cm³/mol. The predicted octanol–water partition coefficient (Wildman–Crippen LogP) is 2.23. The zero-order valence-electron chi connectivity index (χ0n) is 12.4. The van der Waals surface area contributed by atoms with Gasteiger partial charge in [-0.2, -0.15) is 5.26 Å². The average molecular weight is 302 g/mol. The van der Waals surface area contributed by atoms with Crippen LogP contribution in [0.2, 0.25) is 0 Å². The number of nitriles is 1. The van der Waals surface area contributed by atoms with Crippen molar-refractivity contribution in [2.75, 3.05) is 11.4 Å². The molecule has 23 heavy (non-hydrogen) atoms. The molecular formula is C17H14N6. The highest BCUT2D eigenvalue weighted by Gasteiger charge is 2.22. The van der Waals surface area contributed by atoms with Crippen molar-refractivity contribution >= 4 is 5.69 Å². The number of hydrogen-bond acceptors (Lipinski definition) is 5. The van der Waals surface area contributed by atoms with Crippen LogP contribution in [-0.2, 0) is 13.1 Å². The fourth-order valence-corrected chi connectivity index (χ4v) is 2.82. The van der Waals surface area contributed by atoms with Crippen LogP contribution in [0.4, 0.5) is 5.69 Å². The van der Waals surface area contributed by atoms with Gasteiger partial charge in [-0.25, -0.2) is 4.98 Å². The summed E-state index contributed by atoms with van der Waals surface area (Å²) < 4.78 is 2.17. The monoisotopic (exact) mass is 302 g/mol.